The fourth-order valence-electron chi connectivity index (χ4n) is 1.58. The zero-order valence-corrected chi connectivity index (χ0v) is 11.1. The van der Waals surface area contributed by atoms with E-state index in [1.165, 1.54) is 0 Å². The minimum Gasteiger partial charge on any atom is -0.481 e. The Balaban J connectivity index is 2.33. The van der Waals surface area contributed by atoms with Gasteiger partial charge in [-0.25, -0.2) is 4.79 Å². The number of carboxylic acid groups (broad SMARTS) is 1. The Labute approximate surface area is 112 Å². The summed E-state index contributed by atoms with van der Waals surface area (Å²) in [5.74, 6) is -1.57. The van der Waals surface area contributed by atoms with Crippen LogP contribution in [-0.2, 0) is 16.1 Å². The van der Waals surface area contributed by atoms with Gasteiger partial charge in [0.1, 0.15) is 6.61 Å². The highest BCUT2D eigenvalue weighted by molar-refractivity contribution is 5.72. The maximum atomic E-state index is 11.4. The number of carbonyl (C=O) groups excluding carboxylic acids is 1. The molecular formula is C14H19NO4. The molecule has 1 atom stereocenters. The van der Waals surface area contributed by atoms with E-state index in [0.29, 0.717) is 0 Å². The topological polar surface area (TPSA) is 75.6 Å². The molecule has 0 radical (unpaired) electrons. The van der Waals surface area contributed by atoms with Crippen molar-refractivity contribution in [2.45, 2.75) is 20.5 Å². The normalized spacial score (nSPS) is 11.9. The van der Waals surface area contributed by atoms with Gasteiger partial charge in [-0.2, -0.15) is 0 Å². The monoisotopic (exact) mass is 265 g/mol. The van der Waals surface area contributed by atoms with E-state index >= 15 is 0 Å². The molecule has 1 aromatic carbocycles. The van der Waals surface area contributed by atoms with Gasteiger partial charge < -0.3 is 15.2 Å². The summed E-state index contributed by atoms with van der Waals surface area (Å²) in [6, 6.07) is 9.29. The third-order valence-electron chi connectivity index (χ3n) is 2.80. The molecule has 0 aliphatic heterocycles. The van der Waals surface area contributed by atoms with Crippen LogP contribution in [-0.4, -0.2) is 23.7 Å². The molecule has 5 nitrogen and oxygen atoms in total. The van der Waals surface area contributed by atoms with E-state index in [4.69, 9.17) is 9.84 Å². The van der Waals surface area contributed by atoms with Crippen LogP contribution in [0.5, 0.6) is 0 Å². The molecule has 0 saturated heterocycles. The lowest BCUT2D eigenvalue weighted by molar-refractivity contribution is -0.142. The molecule has 104 valence electrons. The Morgan fingerprint density at radius 3 is 2.42 bits per heavy atom. The molecule has 0 aliphatic carbocycles. The first kappa shape index (κ1) is 15.0. The molecular weight excluding hydrogens is 246 g/mol. The smallest absolute Gasteiger partial charge is 0.407 e. The Morgan fingerprint density at radius 1 is 1.26 bits per heavy atom. The van der Waals surface area contributed by atoms with Crippen LogP contribution in [0.2, 0.25) is 0 Å². The van der Waals surface area contributed by atoms with E-state index in [0.717, 1.165) is 5.56 Å². The molecule has 0 spiro atoms. The van der Waals surface area contributed by atoms with Crippen molar-refractivity contribution in [2.75, 3.05) is 6.54 Å². The van der Waals surface area contributed by atoms with Gasteiger partial charge in [-0.3, -0.25) is 4.79 Å². The Bertz CT molecular complexity index is 417. The molecule has 0 aliphatic rings. The number of amides is 1. The van der Waals surface area contributed by atoms with Gasteiger partial charge in [0.05, 0.1) is 5.92 Å². The van der Waals surface area contributed by atoms with Crippen molar-refractivity contribution >= 4 is 12.1 Å². The molecule has 1 amide bonds. The van der Waals surface area contributed by atoms with E-state index in [1.54, 1.807) is 13.8 Å². The Hall–Kier alpha value is -2.04. The van der Waals surface area contributed by atoms with Crippen LogP contribution in [0.1, 0.15) is 19.4 Å². The molecule has 0 saturated carbocycles. The summed E-state index contributed by atoms with van der Waals surface area (Å²) in [6.07, 6.45) is -0.601. The first-order valence-corrected chi connectivity index (χ1v) is 6.18. The third kappa shape index (κ3) is 5.42. The zero-order chi connectivity index (χ0) is 14.3. The minimum atomic E-state index is -0.918. The molecule has 1 rings (SSSR count). The molecule has 0 heterocycles. The largest absolute Gasteiger partial charge is 0.481 e. The summed E-state index contributed by atoms with van der Waals surface area (Å²) in [5, 5.41) is 11.4. The lowest BCUT2D eigenvalue weighted by atomic mass is 9.96. The Kier molecular flexibility index (Phi) is 5.85. The molecule has 0 aromatic heterocycles. The van der Waals surface area contributed by atoms with Crippen LogP contribution in [0.25, 0.3) is 0 Å². The molecule has 0 bridgehead atoms. The highest BCUT2D eigenvalue weighted by atomic mass is 16.5. The van der Waals surface area contributed by atoms with E-state index in [9.17, 15) is 9.59 Å². The predicted octanol–water partition coefficient (Wildman–Crippen LogP) is 2.27. The van der Waals surface area contributed by atoms with Gasteiger partial charge in [0, 0.05) is 6.54 Å². The summed E-state index contributed by atoms with van der Waals surface area (Å²) in [7, 11) is 0. The molecule has 1 unspecified atom stereocenters. The van der Waals surface area contributed by atoms with Crippen molar-refractivity contribution in [2.24, 2.45) is 11.8 Å². The number of benzene rings is 1. The zero-order valence-electron chi connectivity index (χ0n) is 11.1. The maximum absolute atomic E-state index is 11.4. The van der Waals surface area contributed by atoms with Crippen LogP contribution >= 0.6 is 0 Å². The van der Waals surface area contributed by atoms with Gasteiger partial charge in [-0.05, 0) is 11.5 Å². The summed E-state index contributed by atoms with van der Waals surface area (Å²) in [6.45, 7) is 3.85. The van der Waals surface area contributed by atoms with E-state index in [2.05, 4.69) is 5.32 Å². The van der Waals surface area contributed by atoms with Crippen molar-refractivity contribution in [1.82, 2.24) is 5.32 Å². The van der Waals surface area contributed by atoms with Crippen LogP contribution in [0.4, 0.5) is 4.79 Å². The van der Waals surface area contributed by atoms with Gasteiger partial charge in [0.25, 0.3) is 0 Å². The summed E-state index contributed by atoms with van der Waals surface area (Å²) in [5.41, 5.74) is 0.885. The van der Waals surface area contributed by atoms with Crippen molar-refractivity contribution in [3.05, 3.63) is 35.9 Å². The molecule has 0 fully saturated rings. The highest BCUT2D eigenvalue weighted by Gasteiger charge is 2.22. The molecule has 1 aromatic rings. The highest BCUT2D eigenvalue weighted by Crippen LogP contribution is 2.09. The quantitative estimate of drug-likeness (QED) is 0.827. The second-order valence-corrected chi connectivity index (χ2v) is 4.63. The number of hydrogen-bond acceptors (Lipinski definition) is 3. The number of carbonyl (C=O) groups is 2. The van der Waals surface area contributed by atoms with Gasteiger partial charge >= 0.3 is 12.1 Å². The van der Waals surface area contributed by atoms with Crippen molar-refractivity contribution in [1.29, 1.82) is 0 Å². The van der Waals surface area contributed by atoms with Gasteiger partial charge in [0.2, 0.25) is 0 Å². The number of hydrogen-bond donors (Lipinski definition) is 2. The van der Waals surface area contributed by atoms with Crippen molar-refractivity contribution < 1.29 is 19.4 Å². The summed E-state index contributed by atoms with van der Waals surface area (Å²) >= 11 is 0. The predicted molar refractivity (Wildman–Crippen MR) is 70.6 cm³/mol. The van der Waals surface area contributed by atoms with Crippen LogP contribution in [0, 0.1) is 11.8 Å². The number of carboxylic acids is 1. The van der Waals surface area contributed by atoms with E-state index < -0.39 is 18.0 Å². The van der Waals surface area contributed by atoms with Gasteiger partial charge in [-0.15, -0.1) is 0 Å². The SMILES string of the molecule is CC(C)C(CNC(=O)OCc1ccccc1)C(=O)O. The number of alkyl carbamates (subject to hydrolysis) is 1. The van der Waals surface area contributed by atoms with Gasteiger partial charge in [-0.1, -0.05) is 44.2 Å². The molecule has 19 heavy (non-hydrogen) atoms. The van der Waals surface area contributed by atoms with E-state index in [1.807, 2.05) is 30.3 Å². The standard InChI is InChI=1S/C14H19NO4/c1-10(2)12(13(16)17)8-15-14(18)19-9-11-6-4-3-5-7-11/h3-7,10,12H,8-9H2,1-2H3,(H,15,18)(H,16,17). The number of nitrogens with one attached hydrogen (secondary N) is 1. The summed E-state index contributed by atoms with van der Waals surface area (Å²) in [4.78, 5) is 22.4. The minimum absolute atomic E-state index is 0.0491. The second-order valence-electron chi connectivity index (χ2n) is 4.63. The average Bonchev–Trinajstić information content (AvgIpc) is 2.37. The molecule has 2 N–H and O–H groups in total. The fourth-order valence-corrected chi connectivity index (χ4v) is 1.58. The second kappa shape index (κ2) is 7.41. The third-order valence-corrected chi connectivity index (χ3v) is 2.80. The number of rotatable bonds is 6. The number of ether oxygens (including phenoxy) is 1. The van der Waals surface area contributed by atoms with Gasteiger partial charge in [0.15, 0.2) is 0 Å². The fraction of sp³-hybridized carbons (Fsp3) is 0.429. The number of aliphatic carboxylic acids is 1. The lowest BCUT2D eigenvalue weighted by Gasteiger charge is -2.16. The van der Waals surface area contributed by atoms with Crippen molar-refractivity contribution in [3.8, 4) is 0 Å². The molecule has 5 heteroatoms. The Morgan fingerprint density at radius 2 is 1.89 bits per heavy atom. The first-order valence-electron chi connectivity index (χ1n) is 6.18. The van der Waals surface area contributed by atoms with Crippen LogP contribution in [0.15, 0.2) is 30.3 Å². The lowest BCUT2D eigenvalue weighted by Crippen LogP contribution is -2.35. The maximum Gasteiger partial charge on any atom is 0.407 e. The summed E-state index contributed by atoms with van der Waals surface area (Å²) < 4.78 is 4.99. The first-order chi connectivity index (χ1) is 9.00. The van der Waals surface area contributed by atoms with Crippen LogP contribution < -0.4 is 5.32 Å². The average molecular weight is 265 g/mol. The van der Waals surface area contributed by atoms with E-state index in [-0.39, 0.29) is 19.1 Å². The van der Waals surface area contributed by atoms with Crippen LogP contribution in [0.3, 0.4) is 0 Å². The van der Waals surface area contributed by atoms with Crippen molar-refractivity contribution in [3.63, 3.8) is 0 Å².